The van der Waals surface area contributed by atoms with Gasteiger partial charge in [0, 0.05) is 16.3 Å². The molecule has 0 fully saturated rings. The minimum atomic E-state index is 0.698. The third-order valence-electron chi connectivity index (χ3n) is 4.76. The van der Waals surface area contributed by atoms with Crippen LogP contribution in [0.15, 0.2) is 71.1 Å². The molecular weight excluding hydrogens is 298 g/mol. The van der Waals surface area contributed by atoms with E-state index in [0.29, 0.717) is 6.73 Å². The molecule has 118 valence electrons. The maximum absolute atomic E-state index is 6.06. The third kappa shape index (κ3) is 2.17. The minimum absolute atomic E-state index is 0.698. The number of hydrogen-bond acceptors (Lipinski definition) is 2. The Bertz CT molecular complexity index is 1020. The Morgan fingerprint density at radius 3 is 2.58 bits per heavy atom. The van der Waals surface area contributed by atoms with E-state index in [1.807, 2.05) is 24.3 Å². The first-order chi connectivity index (χ1) is 11.9. The third-order valence-corrected chi connectivity index (χ3v) is 4.76. The summed E-state index contributed by atoms with van der Waals surface area (Å²) in [4.78, 5) is 1.41. The Morgan fingerprint density at radius 1 is 0.833 bits per heavy atom. The molecule has 0 saturated heterocycles. The topological polar surface area (TPSA) is 26.8 Å². The molecule has 3 aromatic carbocycles. The molecule has 1 atom stereocenters. The predicted octanol–water partition coefficient (Wildman–Crippen LogP) is 3.52. The first-order valence-electron chi connectivity index (χ1n) is 8.32. The molecule has 0 aliphatic carbocycles. The highest BCUT2D eigenvalue weighted by Crippen LogP contribution is 2.36. The summed E-state index contributed by atoms with van der Waals surface area (Å²) in [5.41, 5.74) is 4.48. The zero-order valence-corrected chi connectivity index (χ0v) is 13.3. The molecule has 3 heteroatoms. The molecule has 0 amide bonds. The Balaban J connectivity index is 1.59. The minimum Gasteiger partial charge on any atom is -0.456 e. The van der Waals surface area contributed by atoms with Crippen LogP contribution in [0.3, 0.4) is 0 Å². The number of furan rings is 1. The highest BCUT2D eigenvalue weighted by Gasteiger charge is 2.25. The number of rotatable bonds is 2. The second-order valence-corrected chi connectivity index (χ2v) is 6.39. The standard InChI is InChI=1S/C21H17NO2/c1-2-6-15(7-3-1)12-22-13-17-18(23-14-22)10-11-20-21(17)16-8-4-5-9-19(16)24-20/h1-11H,12-14H2/p+1. The van der Waals surface area contributed by atoms with Crippen molar-refractivity contribution in [3.63, 3.8) is 0 Å². The van der Waals surface area contributed by atoms with E-state index in [0.717, 1.165) is 30.0 Å². The first-order valence-corrected chi connectivity index (χ1v) is 8.32. The van der Waals surface area contributed by atoms with Crippen LogP contribution in [0.2, 0.25) is 0 Å². The lowest BCUT2D eigenvalue weighted by Gasteiger charge is -2.26. The zero-order valence-electron chi connectivity index (χ0n) is 13.3. The van der Waals surface area contributed by atoms with Crippen LogP contribution < -0.4 is 9.64 Å². The fourth-order valence-electron chi connectivity index (χ4n) is 3.66. The van der Waals surface area contributed by atoms with Crippen molar-refractivity contribution < 1.29 is 14.1 Å². The summed E-state index contributed by atoms with van der Waals surface area (Å²) in [6, 6.07) is 22.9. The molecule has 1 N–H and O–H groups in total. The van der Waals surface area contributed by atoms with Gasteiger partial charge in [-0.3, -0.25) is 4.90 Å². The van der Waals surface area contributed by atoms with Gasteiger partial charge in [-0.15, -0.1) is 0 Å². The fraction of sp³-hybridized carbons (Fsp3) is 0.143. The van der Waals surface area contributed by atoms with Gasteiger partial charge >= 0.3 is 0 Å². The van der Waals surface area contributed by atoms with Gasteiger partial charge in [0.05, 0.1) is 5.56 Å². The van der Waals surface area contributed by atoms with Crippen LogP contribution >= 0.6 is 0 Å². The largest absolute Gasteiger partial charge is 0.456 e. The van der Waals surface area contributed by atoms with Crippen LogP contribution in [0.5, 0.6) is 5.75 Å². The van der Waals surface area contributed by atoms with Crippen LogP contribution in [-0.2, 0) is 13.1 Å². The molecule has 1 aliphatic heterocycles. The van der Waals surface area contributed by atoms with Crippen LogP contribution in [0.1, 0.15) is 11.1 Å². The molecule has 2 heterocycles. The SMILES string of the molecule is c1ccc(C[NH+]2COc3ccc4oc5ccccc5c4c3C2)cc1. The van der Waals surface area contributed by atoms with Gasteiger partial charge in [-0.2, -0.15) is 0 Å². The van der Waals surface area contributed by atoms with Crippen molar-refractivity contribution in [3.05, 3.63) is 77.9 Å². The van der Waals surface area contributed by atoms with Crippen LogP contribution in [0.4, 0.5) is 0 Å². The van der Waals surface area contributed by atoms with E-state index in [1.54, 1.807) is 0 Å². The lowest BCUT2D eigenvalue weighted by Crippen LogP contribution is -3.10. The molecule has 4 aromatic rings. The van der Waals surface area contributed by atoms with Crippen molar-refractivity contribution in [1.82, 2.24) is 0 Å². The van der Waals surface area contributed by atoms with Gasteiger partial charge in [-0.25, -0.2) is 0 Å². The molecular formula is C21H18NO2+. The van der Waals surface area contributed by atoms with Gasteiger partial charge in [0.15, 0.2) is 0 Å². The smallest absolute Gasteiger partial charge is 0.222 e. The number of quaternary nitrogens is 1. The van der Waals surface area contributed by atoms with E-state index in [1.165, 1.54) is 26.8 Å². The molecule has 0 bridgehead atoms. The van der Waals surface area contributed by atoms with Gasteiger partial charge in [0.1, 0.15) is 30.0 Å². The molecule has 1 unspecified atom stereocenters. The monoisotopic (exact) mass is 316 g/mol. The highest BCUT2D eigenvalue weighted by molar-refractivity contribution is 6.07. The van der Waals surface area contributed by atoms with Crippen molar-refractivity contribution in [1.29, 1.82) is 0 Å². The second kappa shape index (κ2) is 5.39. The molecule has 24 heavy (non-hydrogen) atoms. The van der Waals surface area contributed by atoms with Gasteiger partial charge in [-0.1, -0.05) is 48.5 Å². The van der Waals surface area contributed by atoms with E-state index in [9.17, 15) is 0 Å². The van der Waals surface area contributed by atoms with E-state index in [4.69, 9.17) is 9.15 Å². The lowest BCUT2D eigenvalue weighted by molar-refractivity contribution is -0.945. The molecule has 1 aliphatic rings. The summed E-state index contributed by atoms with van der Waals surface area (Å²) < 4.78 is 12.1. The quantitative estimate of drug-likeness (QED) is 0.612. The average molecular weight is 316 g/mol. The molecule has 3 nitrogen and oxygen atoms in total. The summed E-state index contributed by atoms with van der Waals surface area (Å²) in [7, 11) is 0. The summed E-state index contributed by atoms with van der Waals surface area (Å²) in [6.45, 7) is 2.61. The summed E-state index contributed by atoms with van der Waals surface area (Å²) in [5, 5.41) is 2.38. The van der Waals surface area contributed by atoms with Crippen LogP contribution in [0.25, 0.3) is 21.9 Å². The van der Waals surface area contributed by atoms with E-state index in [-0.39, 0.29) is 0 Å². The number of fused-ring (bicyclic) bond motifs is 5. The van der Waals surface area contributed by atoms with E-state index < -0.39 is 0 Å². The van der Waals surface area contributed by atoms with Gasteiger partial charge in [0.25, 0.3) is 0 Å². The van der Waals surface area contributed by atoms with Gasteiger partial charge in [0.2, 0.25) is 6.73 Å². The number of para-hydroxylation sites is 1. The number of hydrogen-bond donors (Lipinski definition) is 1. The lowest BCUT2D eigenvalue weighted by atomic mass is 10.0. The Labute approximate surface area is 140 Å². The van der Waals surface area contributed by atoms with Crippen LogP contribution in [-0.4, -0.2) is 6.73 Å². The normalized spacial score (nSPS) is 16.9. The highest BCUT2D eigenvalue weighted by atomic mass is 16.5. The summed E-state index contributed by atoms with van der Waals surface area (Å²) >= 11 is 0. The maximum Gasteiger partial charge on any atom is 0.222 e. The van der Waals surface area contributed by atoms with Gasteiger partial charge < -0.3 is 9.15 Å². The molecule has 5 rings (SSSR count). The Kier molecular flexibility index (Phi) is 3.06. The zero-order chi connectivity index (χ0) is 15.9. The van der Waals surface area contributed by atoms with Crippen LogP contribution in [0, 0.1) is 0 Å². The van der Waals surface area contributed by atoms with Crippen molar-refractivity contribution in [2.75, 3.05) is 6.73 Å². The van der Waals surface area contributed by atoms with E-state index in [2.05, 4.69) is 42.5 Å². The summed E-state index contributed by atoms with van der Waals surface area (Å²) in [5.74, 6) is 0.992. The van der Waals surface area contributed by atoms with E-state index >= 15 is 0 Å². The van der Waals surface area contributed by atoms with Crippen molar-refractivity contribution in [2.24, 2.45) is 0 Å². The first kappa shape index (κ1) is 13.6. The molecule has 1 aromatic heterocycles. The second-order valence-electron chi connectivity index (χ2n) is 6.39. The predicted molar refractivity (Wildman–Crippen MR) is 94.0 cm³/mol. The summed E-state index contributed by atoms with van der Waals surface area (Å²) in [6.07, 6.45) is 0. The Hall–Kier alpha value is -2.78. The number of benzene rings is 3. The van der Waals surface area contributed by atoms with Gasteiger partial charge in [-0.05, 0) is 18.2 Å². The maximum atomic E-state index is 6.06. The Morgan fingerprint density at radius 2 is 1.67 bits per heavy atom. The van der Waals surface area contributed by atoms with Crippen molar-refractivity contribution >= 4 is 21.9 Å². The average Bonchev–Trinajstić information content (AvgIpc) is 3.01. The fourth-order valence-corrected chi connectivity index (χ4v) is 3.66. The van der Waals surface area contributed by atoms with Crippen molar-refractivity contribution in [2.45, 2.75) is 13.1 Å². The van der Waals surface area contributed by atoms with Crippen molar-refractivity contribution in [3.8, 4) is 5.75 Å². The number of ether oxygens (including phenoxy) is 1. The molecule has 0 saturated carbocycles. The molecule has 0 radical (unpaired) electrons. The number of nitrogens with one attached hydrogen (secondary N) is 1. The molecule has 0 spiro atoms.